The van der Waals surface area contributed by atoms with Crippen LogP contribution >= 0.6 is 7.37 Å². The number of aromatic nitrogens is 1. The van der Waals surface area contributed by atoms with Gasteiger partial charge in [0.1, 0.15) is 5.82 Å². The molecule has 0 saturated heterocycles. The summed E-state index contributed by atoms with van der Waals surface area (Å²) >= 11 is 0. The van der Waals surface area contributed by atoms with Crippen LogP contribution in [0.25, 0.3) is 28.5 Å². The molecule has 8 heteroatoms. The molecule has 0 amide bonds. The second-order valence-corrected chi connectivity index (χ2v) is 11.2. The average Bonchev–Trinajstić information content (AvgIpc) is 2.81. The SMILES string of the molecule is CCc1c(-c2ccccc2)nc(C(C)C)c(C=CP(=O)(O)C[C@@H](O)CC(=O)O)c1-c1ccc(F)cc1. The smallest absolute Gasteiger partial charge is 0.305 e. The minimum absolute atomic E-state index is 0.0482. The normalized spacial score (nSPS) is 14.2. The predicted octanol–water partition coefficient (Wildman–Crippen LogP) is 6.32. The Morgan fingerprint density at radius 3 is 2.28 bits per heavy atom. The Balaban J connectivity index is 2.26. The van der Waals surface area contributed by atoms with Gasteiger partial charge in [-0.25, -0.2) is 4.39 Å². The Labute approximate surface area is 210 Å². The van der Waals surface area contributed by atoms with Crippen LogP contribution in [-0.2, 0) is 15.8 Å². The number of nitrogens with zero attached hydrogens (tertiary/aromatic N) is 1. The fourth-order valence-corrected chi connectivity index (χ4v) is 5.45. The fraction of sp³-hybridized carbons (Fsp3) is 0.286. The lowest BCUT2D eigenvalue weighted by molar-refractivity contribution is -0.138. The topological polar surface area (TPSA) is 108 Å². The summed E-state index contributed by atoms with van der Waals surface area (Å²) in [4.78, 5) is 26.3. The minimum Gasteiger partial charge on any atom is -0.481 e. The van der Waals surface area contributed by atoms with Crippen molar-refractivity contribution in [3.63, 3.8) is 0 Å². The summed E-state index contributed by atoms with van der Waals surface area (Å²) in [5.41, 5.74) is 5.51. The fourth-order valence-electron chi connectivity index (χ4n) is 4.21. The summed E-state index contributed by atoms with van der Waals surface area (Å²) in [6, 6.07) is 15.8. The summed E-state index contributed by atoms with van der Waals surface area (Å²) in [6.45, 7) is 5.95. The van der Waals surface area contributed by atoms with Gasteiger partial charge in [0.2, 0.25) is 7.37 Å². The zero-order valence-electron chi connectivity index (χ0n) is 20.6. The molecular weight excluding hydrogens is 480 g/mol. The van der Waals surface area contributed by atoms with Crippen molar-refractivity contribution < 1.29 is 28.9 Å². The molecule has 3 aromatic rings. The largest absolute Gasteiger partial charge is 0.481 e. The molecule has 2 aromatic carbocycles. The van der Waals surface area contributed by atoms with Crippen LogP contribution in [0.15, 0.2) is 60.4 Å². The maximum atomic E-state index is 13.8. The van der Waals surface area contributed by atoms with Gasteiger partial charge < -0.3 is 15.1 Å². The van der Waals surface area contributed by atoms with Crippen LogP contribution in [0, 0.1) is 5.82 Å². The summed E-state index contributed by atoms with van der Waals surface area (Å²) in [5.74, 6) is -0.536. The molecule has 0 aliphatic carbocycles. The van der Waals surface area contributed by atoms with Gasteiger partial charge in [-0.15, -0.1) is 0 Å². The quantitative estimate of drug-likeness (QED) is 0.275. The number of hydrogen-bond acceptors (Lipinski definition) is 4. The first-order valence-corrected chi connectivity index (χ1v) is 13.7. The minimum atomic E-state index is -4.01. The third-order valence-electron chi connectivity index (χ3n) is 5.80. The summed E-state index contributed by atoms with van der Waals surface area (Å²) in [7, 11) is -4.01. The lowest BCUT2D eigenvalue weighted by atomic mass is 9.87. The molecule has 0 fully saturated rings. The van der Waals surface area contributed by atoms with Gasteiger partial charge in [0.15, 0.2) is 0 Å². The zero-order valence-corrected chi connectivity index (χ0v) is 21.5. The van der Waals surface area contributed by atoms with E-state index in [1.165, 1.54) is 18.2 Å². The van der Waals surface area contributed by atoms with E-state index in [2.05, 4.69) is 0 Å². The lowest BCUT2D eigenvalue weighted by Crippen LogP contribution is -2.17. The molecular formula is C28H31FNO5P. The van der Waals surface area contributed by atoms with Crippen molar-refractivity contribution >= 4 is 19.4 Å². The van der Waals surface area contributed by atoms with Crippen LogP contribution in [0.3, 0.4) is 0 Å². The Hall–Kier alpha value is -3.12. The van der Waals surface area contributed by atoms with E-state index < -0.39 is 32.0 Å². The van der Waals surface area contributed by atoms with Crippen LogP contribution in [0.2, 0.25) is 0 Å². The Bertz CT molecular complexity index is 1290. The molecule has 0 saturated carbocycles. The Morgan fingerprint density at radius 1 is 1.08 bits per heavy atom. The first kappa shape index (κ1) is 27.5. The van der Waals surface area contributed by atoms with Gasteiger partial charge in [-0.1, -0.05) is 63.2 Å². The van der Waals surface area contributed by atoms with Gasteiger partial charge in [-0.05, 0) is 47.2 Å². The molecule has 3 N–H and O–H groups in total. The van der Waals surface area contributed by atoms with Crippen molar-refractivity contribution in [3.8, 4) is 22.4 Å². The number of aliphatic carboxylic acids is 1. The van der Waals surface area contributed by atoms with E-state index in [1.54, 1.807) is 12.1 Å². The first-order chi connectivity index (χ1) is 17.0. The Morgan fingerprint density at radius 2 is 1.72 bits per heavy atom. The van der Waals surface area contributed by atoms with Crippen LogP contribution in [-0.4, -0.2) is 38.3 Å². The molecule has 3 rings (SSSR count). The summed E-state index contributed by atoms with van der Waals surface area (Å²) in [5, 5.41) is 18.8. The molecule has 1 unspecified atom stereocenters. The number of carbonyl (C=O) groups is 1. The number of benzene rings is 2. The van der Waals surface area contributed by atoms with E-state index in [4.69, 9.17) is 10.1 Å². The predicted molar refractivity (Wildman–Crippen MR) is 141 cm³/mol. The van der Waals surface area contributed by atoms with E-state index >= 15 is 0 Å². The van der Waals surface area contributed by atoms with E-state index in [-0.39, 0.29) is 11.7 Å². The molecule has 0 radical (unpaired) electrons. The van der Waals surface area contributed by atoms with Gasteiger partial charge in [-0.3, -0.25) is 14.3 Å². The molecule has 1 heterocycles. The monoisotopic (exact) mass is 511 g/mol. The van der Waals surface area contributed by atoms with Gasteiger partial charge in [-0.2, -0.15) is 0 Å². The van der Waals surface area contributed by atoms with Gasteiger partial charge in [0.05, 0.1) is 30.1 Å². The number of halogens is 1. The highest BCUT2D eigenvalue weighted by molar-refractivity contribution is 7.61. The highest BCUT2D eigenvalue weighted by Crippen LogP contribution is 2.46. The molecule has 0 spiro atoms. The van der Waals surface area contributed by atoms with Crippen molar-refractivity contribution in [2.24, 2.45) is 0 Å². The first-order valence-electron chi connectivity index (χ1n) is 11.8. The number of carboxylic acids is 1. The van der Waals surface area contributed by atoms with Crippen molar-refractivity contribution in [3.05, 3.63) is 83.1 Å². The van der Waals surface area contributed by atoms with E-state index in [0.29, 0.717) is 17.7 Å². The maximum absolute atomic E-state index is 13.8. The molecule has 6 nitrogen and oxygen atoms in total. The number of aliphatic hydroxyl groups is 1. The van der Waals surface area contributed by atoms with Gasteiger partial charge in [0, 0.05) is 16.9 Å². The standard InChI is InChI=1S/C28H31FNO5P/c1-4-23-26(19-10-12-21(29)13-11-19)24(14-15-36(34,35)17-22(31)16-25(32)33)27(18(2)3)30-28(23)20-8-6-5-7-9-20/h5-15,18,22,31H,4,16-17H2,1-3H3,(H,32,33)(H,34,35)/t22-/m0/s1. The second kappa shape index (κ2) is 11.7. The zero-order chi connectivity index (χ0) is 26.5. The van der Waals surface area contributed by atoms with Gasteiger partial charge >= 0.3 is 5.97 Å². The number of aliphatic hydroxyl groups excluding tert-OH is 1. The highest BCUT2D eigenvalue weighted by atomic mass is 31.2. The number of carboxylic acid groups (broad SMARTS) is 1. The van der Waals surface area contributed by atoms with Crippen molar-refractivity contribution in [1.29, 1.82) is 0 Å². The lowest BCUT2D eigenvalue weighted by Gasteiger charge is -2.22. The average molecular weight is 512 g/mol. The van der Waals surface area contributed by atoms with E-state index in [0.717, 1.165) is 33.8 Å². The summed E-state index contributed by atoms with van der Waals surface area (Å²) in [6.07, 6.45) is -0.507. The third kappa shape index (κ3) is 6.76. The third-order valence-corrected chi connectivity index (χ3v) is 7.36. The molecule has 36 heavy (non-hydrogen) atoms. The van der Waals surface area contributed by atoms with Crippen molar-refractivity contribution in [2.75, 3.05) is 6.16 Å². The molecule has 1 aromatic heterocycles. The maximum Gasteiger partial charge on any atom is 0.305 e. The van der Waals surface area contributed by atoms with Gasteiger partial charge in [0.25, 0.3) is 0 Å². The molecule has 0 aliphatic rings. The second-order valence-electron chi connectivity index (χ2n) is 9.00. The van der Waals surface area contributed by atoms with Crippen LogP contribution in [0.1, 0.15) is 49.9 Å². The molecule has 0 aliphatic heterocycles. The van der Waals surface area contributed by atoms with Crippen LogP contribution in [0.4, 0.5) is 4.39 Å². The van der Waals surface area contributed by atoms with Crippen LogP contribution in [0.5, 0.6) is 0 Å². The van der Waals surface area contributed by atoms with E-state index in [1.807, 2.05) is 51.1 Å². The summed E-state index contributed by atoms with van der Waals surface area (Å²) < 4.78 is 26.6. The Kier molecular flexibility index (Phi) is 8.96. The molecule has 190 valence electrons. The van der Waals surface area contributed by atoms with E-state index in [9.17, 15) is 23.7 Å². The van der Waals surface area contributed by atoms with Crippen molar-refractivity contribution in [1.82, 2.24) is 4.98 Å². The highest BCUT2D eigenvalue weighted by Gasteiger charge is 2.25. The van der Waals surface area contributed by atoms with Crippen molar-refractivity contribution in [2.45, 2.75) is 45.6 Å². The van der Waals surface area contributed by atoms with Crippen LogP contribution < -0.4 is 0 Å². The molecule has 0 bridgehead atoms. The number of hydrogen-bond donors (Lipinski definition) is 3. The number of pyridine rings is 1. The number of rotatable bonds is 10. The molecule has 2 atom stereocenters.